The third-order valence-electron chi connectivity index (χ3n) is 5.61. The van der Waals surface area contributed by atoms with Gasteiger partial charge in [0, 0.05) is 13.1 Å². The minimum absolute atomic E-state index is 0.125. The van der Waals surface area contributed by atoms with Crippen LogP contribution in [0, 0.1) is 18.3 Å². The van der Waals surface area contributed by atoms with E-state index in [4.69, 9.17) is 11.5 Å². The second kappa shape index (κ2) is 10.1. The molecule has 0 saturated carbocycles. The van der Waals surface area contributed by atoms with Gasteiger partial charge in [0.25, 0.3) is 0 Å². The number of fused-ring (bicyclic) bond motifs is 1. The number of carboxylic acid groups (broad SMARTS) is 1. The van der Waals surface area contributed by atoms with Crippen LogP contribution in [0.4, 0.5) is 0 Å². The fourth-order valence-electron chi connectivity index (χ4n) is 3.96. The zero-order valence-electron chi connectivity index (χ0n) is 16.8. The van der Waals surface area contributed by atoms with Crippen LogP contribution in [0.3, 0.4) is 0 Å². The van der Waals surface area contributed by atoms with Gasteiger partial charge in [0.2, 0.25) is 11.8 Å². The summed E-state index contributed by atoms with van der Waals surface area (Å²) < 4.78 is 0. The van der Waals surface area contributed by atoms with Crippen molar-refractivity contribution in [3.63, 3.8) is 0 Å². The summed E-state index contributed by atoms with van der Waals surface area (Å²) >= 11 is 0. The molecule has 7 nitrogen and oxygen atoms in total. The predicted octanol–water partition coefficient (Wildman–Crippen LogP) is 1.26. The van der Waals surface area contributed by atoms with Gasteiger partial charge in [-0.1, -0.05) is 36.3 Å². The molecule has 30 heavy (non-hydrogen) atoms. The summed E-state index contributed by atoms with van der Waals surface area (Å²) in [4.78, 5) is 38.4. The Morgan fingerprint density at radius 2 is 2.03 bits per heavy atom. The first-order valence-corrected chi connectivity index (χ1v) is 10.2. The number of allylic oxidation sites excluding steroid dienone is 1. The molecule has 0 radical (unpaired) electrons. The summed E-state index contributed by atoms with van der Waals surface area (Å²) in [6.45, 7) is 2.57. The first-order valence-electron chi connectivity index (χ1n) is 10.2. The molecule has 0 spiro atoms. The fourth-order valence-corrected chi connectivity index (χ4v) is 3.96. The number of rotatable bonds is 6. The quantitative estimate of drug-likeness (QED) is 0.485. The number of nitrogens with one attached hydrogen (secondary N) is 2. The number of piperidine rings is 1. The van der Waals surface area contributed by atoms with Gasteiger partial charge in [0.1, 0.15) is 6.04 Å². The standard InChI is InChI=1S/C23H27N3O4/c1-2-18(13-22(28)29)25-23(30)20-15-26(14-17-5-3-4-6-19(17)20)21(27)8-7-16-9-11-24-12-10-16/h1,3-8,16,18,20,24H,9-15H2,(H,25,30)(H,28,29)/b8-7+. The van der Waals surface area contributed by atoms with Crippen molar-refractivity contribution in [1.29, 1.82) is 0 Å². The molecule has 1 fully saturated rings. The van der Waals surface area contributed by atoms with E-state index in [9.17, 15) is 14.4 Å². The maximum absolute atomic E-state index is 12.9. The molecule has 3 N–H and O–H groups in total. The van der Waals surface area contributed by atoms with Crippen LogP contribution in [-0.2, 0) is 20.9 Å². The Morgan fingerprint density at radius 3 is 2.73 bits per heavy atom. The Bertz CT molecular complexity index is 867. The number of hydrogen-bond donors (Lipinski definition) is 3. The second-order valence-electron chi connectivity index (χ2n) is 7.74. The van der Waals surface area contributed by atoms with Crippen LogP contribution in [0.25, 0.3) is 0 Å². The molecule has 1 aromatic rings. The van der Waals surface area contributed by atoms with Gasteiger partial charge < -0.3 is 20.6 Å². The number of nitrogens with zero attached hydrogens (tertiary/aromatic N) is 1. The Balaban J connectivity index is 1.73. The molecule has 0 bridgehead atoms. The van der Waals surface area contributed by atoms with E-state index in [2.05, 4.69) is 16.6 Å². The second-order valence-corrected chi connectivity index (χ2v) is 7.74. The lowest BCUT2D eigenvalue weighted by Gasteiger charge is -2.34. The van der Waals surface area contributed by atoms with E-state index in [0.717, 1.165) is 37.1 Å². The third kappa shape index (κ3) is 5.49. The fraction of sp³-hybridized carbons (Fsp3) is 0.435. The topological polar surface area (TPSA) is 98.7 Å². The molecule has 2 atom stereocenters. The minimum atomic E-state index is -1.08. The van der Waals surface area contributed by atoms with E-state index in [1.54, 1.807) is 11.0 Å². The number of carboxylic acids is 1. The van der Waals surface area contributed by atoms with Gasteiger partial charge in [-0.3, -0.25) is 14.4 Å². The van der Waals surface area contributed by atoms with Gasteiger partial charge in [-0.15, -0.1) is 6.42 Å². The highest BCUT2D eigenvalue weighted by Crippen LogP contribution is 2.29. The number of terminal acetylenes is 1. The average Bonchev–Trinajstić information content (AvgIpc) is 2.76. The molecule has 7 heteroatoms. The first kappa shape index (κ1) is 21.6. The molecule has 2 aliphatic heterocycles. The predicted molar refractivity (Wildman–Crippen MR) is 112 cm³/mol. The van der Waals surface area contributed by atoms with Crippen LogP contribution >= 0.6 is 0 Å². The first-order chi connectivity index (χ1) is 14.5. The molecule has 3 rings (SSSR count). The molecule has 1 aromatic carbocycles. The van der Waals surface area contributed by atoms with E-state index >= 15 is 0 Å². The van der Waals surface area contributed by atoms with E-state index < -0.39 is 17.9 Å². The van der Waals surface area contributed by atoms with Crippen molar-refractivity contribution in [1.82, 2.24) is 15.5 Å². The zero-order valence-corrected chi connectivity index (χ0v) is 16.8. The van der Waals surface area contributed by atoms with E-state index in [-0.39, 0.29) is 24.8 Å². The Morgan fingerprint density at radius 1 is 1.30 bits per heavy atom. The van der Waals surface area contributed by atoms with Gasteiger partial charge in [-0.25, -0.2) is 0 Å². The maximum Gasteiger partial charge on any atom is 0.306 e. The Kier molecular flexibility index (Phi) is 7.26. The van der Waals surface area contributed by atoms with Crippen LogP contribution in [0.15, 0.2) is 36.4 Å². The number of carbonyl (C=O) groups is 3. The van der Waals surface area contributed by atoms with Gasteiger partial charge in [-0.05, 0) is 49.1 Å². The molecule has 1 saturated heterocycles. The van der Waals surface area contributed by atoms with Crippen molar-refractivity contribution in [3.05, 3.63) is 47.5 Å². The summed E-state index contributed by atoms with van der Waals surface area (Å²) in [7, 11) is 0. The number of amides is 2. The Hall–Kier alpha value is -3.11. The van der Waals surface area contributed by atoms with Crippen LogP contribution < -0.4 is 10.6 Å². The van der Waals surface area contributed by atoms with Crippen molar-refractivity contribution in [3.8, 4) is 12.3 Å². The maximum atomic E-state index is 12.9. The summed E-state index contributed by atoms with van der Waals surface area (Å²) in [5, 5.41) is 14.9. The van der Waals surface area contributed by atoms with E-state index in [1.807, 2.05) is 30.3 Å². The highest BCUT2D eigenvalue weighted by molar-refractivity contribution is 5.90. The number of benzene rings is 1. The zero-order chi connectivity index (χ0) is 21.5. The number of hydrogen-bond acceptors (Lipinski definition) is 4. The minimum Gasteiger partial charge on any atom is -0.481 e. The molecule has 2 amide bonds. The smallest absolute Gasteiger partial charge is 0.306 e. The van der Waals surface area contributed by atoms with E-state index in [0.29, 0.717) is 12.5 Å². The van der Waals surface area contributed by atoms with Crippen LogP contribution in [-0.4, -0.2) is 53.5 Å². The van der Waals surface area contributed by atoms with Gasteiger partial charge >= 0.3 is 5.97 Å². The number of aliphatic carboxylic acids is 1. The lowest BCUT2D eigenvalue weighted by Crippen LogP contribution is -2.46. The highest BCUT2D eigenvalue weighted by Gasteiger charge is 2.33. The van der Waals surface area contributed by atoms with Crippen molar-refractivity contribution in [2.45, 2.75) is 37.8 Å². The monoisotopic (exact) mass is 409 g/mol. The molecule has 2 aliphatic rings. The normalized spacial score (nSPS) is 20.2. The van der Waals surface area contributed by atoms with Crippen molar-refractivity contribution >= 4 is 17.8 Å². The SMILES string of the molecule is C#CC(CC(=O)O)NC(=O)C1CN(C(=O)/C=C/C2CCNCC2)Cc2ccccc21. The molecular weight excluding hydrogens is 382 g/mol. The van der Waals surface area contributed by atoms with Crippen LogP contribution in [0.5, 0.6) is 0 Å². The van der Waals surface area contributed by atoms with Crippen molar-refractivity contribution in [2.75, 3.05) is 19.6 Å². The average molecular weight is 409 g/mol. The molecule has 0 aromatic heterocycles. The third-order valence-corrected chi connectivity index (χ3v) is 5.61. The summed E-state index contributed by atoms with van der Waals surface area (Å²) in [5.74, 6) is 0.520. The van der Waals surface area contributed by atoms with E-state index in [1.165, 1.54) is 0 Å². The molecule has 2 unspecified atom stereocenters. The molecule has 2 heterocycles. The largest absolute Gasteiger partial charge is 0.481 e. The van der Waals surface area contributed by atoms with Gasteiger partial charge in [0.15, 0.2) is 0 Å². The summed E-state index contributed by atoms with van der Waals surface area (Å²) in [6, 6.07) is 6.61. The van der Waals surface area contributed by atoms with Crippen LogP contribution in [0.2, 0.25) is 0 Å². The Labute approximate surface area is 176 Å². The number of carbonyl (C=O) groups excluding carboxylic acids is 2. The highest BCUT2D eigenvalue weighted by atomic mass is 16.4. The van der Waals surface area contributed by atoms with Crippen molar-refractivity contribution < 1.29 is 19.5 Å². The molecular formula is C23H27N3O4. The summed E-state index contributed by atoms with van der Waals surface area (Å²) in [6.07, 6.45) is 10.6. The van der Waals surface area contributed by atoms with Gasteiger partial charge in [-0.2, -0.15) is 0 Å². The summed E-state index contributed by atoms with van der Waals surface area (Å²) in [5.41, 5.74) is 1.75. The van der Waals surface area contributed by atoms with Crippen molar-refractivity contribution in [2.24, 2.45) is 5.92 Å². The lowest BCUT2D eigenvalue weighted by molar-refractivity contribution is -0.137. The molecule has 0 aliphatic carbocycles. The van der Waals surface area contributed by atoms with Crippen LogP contribution in [0.1, 0.15) is 36.3 Å². The molecule has 158 valence electrons. The lowest BCUT2D eigenvalue weighted by atomic mass is 9.88. The van der Waals surface area contributed by atoms with Gasteiger partial charge in [0.05, 0.1) is 12.3 Å².